The molecule has 1 heterocycles. The van der Waals surface area contributed by atoms with Gasteiger partial charge in [0, 0.05) is 39.1 Å². The second-order valence-electron chi connectivity index (χ2n) is 7.70. The van der Waals surface area contributed by atoms with E-state index in [-0.39, 0.29) is 23.3 Å². The van der Waals surface area contributed by atoms with E-state index in [9.17, 15) is 9.59 Å². The number of hydrogen-bond donors (Lipinski definition) is 1. The largest absolute Gasteiger partial charge is 0.349 e. The highest BCUT2D eigenvalue weighted by molar-refractivity contribution is 5.82. The molecule has 5 nitrogen and oxygen atoms in total. The Morgan fingerprint density at radius 1 is 1.20 bits per heavy atom. The monoisotopic (exact) mass is 343 g/mol. The van der Waals surface area contributed by atoms with Gasteiger partial charge in [0.1, 0.15) is 0 Å². The molecule has 25 heavy (non-hydrogen) atoms. The summed E-state index contributed by atoms with van der Waals surface area (Å²) in [5.74, 6) is 0.117. The molecule has 1 atom stereocenters. The fourth-order valence-corrected chi connectivity index (χ4v) is 4.43. The van der Waals surface area contributed by atoms with Crippen LogP contribution in [0.4, 0.5) is 4.79 Å². The summed E-state index contributed by atoms with van der Waals surface area (Å²) in [5, 5.41) is 3.03. The second kappa shape index (κ2) is 7.46. The molecule has 0 bridgehead atoms. The van der Waals surface area contributed by atoms with Crippen LogP contribution in [0.1, 0.15) is 31.2 Å². The average molecular weight is 343 g/mol. The number of nitrogens with zero attached hydrogens (tertiary/aromatic N) is 2. The van der Waals surface area contributed by atoms with Crippen LogP contribution in [0.5, 0.6) is 0 Å². The molecular weight excluding hydrogens is 314 g/mol. The first-order valence-corrected chi connectivity index (χ1v) is 9.30. The van der Waals surface area contributed by atoms with Gasteiger partial charge in [-0.2, -0.15) is 0 Å². The molecule has 0 radical (unpaired) electrons. The number of benzene rings is 1. The van der Waals surface area contributed by atoms with E-state index in [1.54, 1.807) is 4.90 Å². The number of rotatable bonds is 4. The third-order valence-corrected chi connectivity index (χ3v) is 5.81. The molecule has 1 spiro atoms. The normalized spacial score (nSPS) is 21.5. The molecule has 1 aliphatic heterocycles. The summed E-state index contributed by atoms with van der Waals surface area (Å²) >= 11 is 0. The number of amides is 3. The van der Waals surface area contributed by atoms with Crippen LogP contribution in [0, 0.1) is 11.3 Å². The molecule has 2 aliphatic rings. The van der Waals surface area contributed by atoms with Crippen LogP contribution in [-0.2, 0) is 11.2 Å². The lowest BCUT2D eigenvalue weighted by atomic mass is 9.76. The number of hydrogen-bond acceptors (Lipinski definition) is 2. The van der Waals surface area contributed by atoms with Crippen LogP contribution >= 0.6 is 0 Å². The van der Waals surface area contributed by atoms with Crippen LogP contribution in [0.2, 0.25) is 0 Å². The minimum Gasteiger partial charge on any atom is -0.349 e. The Kier molecular flexibility index (Phi) is 5.30. The average Bonchev–Trinajstić information content (AvgIpc) is 3.23. The fourth-order valence-electron chi connectivity index (χ4n) is 4.43. The molecule has 136 valence electrons. The zero-order chi connectivity index (χ0) is 17.9. The lowest BCUT2D eigenvalue weighted by Gasteiger charge is -2.30. The molecule has 2 fully saturated rings. The minimum atomic E-state index is -0.0510. The van der Waals surface area contributed by atoms with Gasteiger partial charge in [-0.3, -0.25) is 4.79 Å². The van der Waals surface area contributed by atoms with Crippen molar-refractivity contribution in [3.05, 3.63) is 35.9 Å². The van der Waals surface area contributed by atoms with Gasteiger partial charge < -0.3 is 15.1 Å². The summed E-state index contributed by atoms with van der Waals surface area (Å²) < 4.78 is 0. The minimum absolute atomic E-state index is 0.00186. The fraction of sp³-hybridized carbons (Fsp3) is 0.600. The number of nitrogens with one attached hydrogen (secondary N) is 1. The Labute approximate surface area is 150 Å². The van der Waals surface area contributed by atoms with Crippen LogP contribution < -0.4 is 5.32 Å². The molecule has 1 aromatic carbocycles. The highest BCUT2D eigenvalue weighted by Crippen LogP contribution is 2.49. The lowest BCUT2D eigenvalue weighted by Crippen LogP contribution is -2.40. The Morgan fingerprint density at radius 2 is 1.88 bits per heavy atom. The Bertz CT molecular complexity index is 609. The van der Waals surface area contributed by atoms with Crippen molar-refractivity contribution in [2.24, 2.45) is 11.3 Å². The highest BCUT2D eigenvalue weighted by atomic mass is 16.2. The predicted octanol–water partition coefficient (Wildman–Crippen LogP) is 2.52. The van der Waals surface area contributed by atoms with E-state index in [2.05, 4.69) is 17.4 Å². The Balaban J connectivity index is 1.59. The van der Waals surface area contributed by atoms with Gasteiger partial charge in [0.05, 0.1) is 5.92 Å². The van der Waals surface area contributed by atoms with E-state index in [1.165, 1.54) is 18.4 Å². The molecule has 1 saturated heterocycles. The molecule has 1 N–H and O–H groups in total. The third kappa shape index (κ3) is 3.80. The van der Waals surface area contributed by atoms with Crippen molar-refractivity contribution >= 4 is 11.9 Å². The molecule has 3 rings (SSSR count). The van der Waals surface area contributed by atoms with Crippen molar-refractivity contribution in [2.75, 3.05) is 33.7 Å². The van der Waals surface area contributed by atoms with E-state index in [0.29, 0.717) is 19.6 Å². The molecule has 1 unspecified atom stereocenters. The predicted molar refractivity (Wildman–Crippen MR) is 98.2 cm³/mol. The molecular formula is C20H29N3O2. The standard InChI is InChI=1S/C20H29N3O2/c1-22(2)18(24)17-14-23(15-20(17)11-6-7-12-20)19(25)21-13-10-16-8-4-3-5-9-16/h3-5,8-9,17H,6-7,10-15H2,1-2H3,(H,21,25). The quantitative estimate of drug-likeness (QED) is 0.913. The first-order chi connectivity index (χ1) is 12.0. The number of urea groups is 1. The van der Waals surface area contributed by atoms with Gasteiger partial charge in [0.15, 0.2) is 0 Å². The van der Waals surface area contributed by atoms with E-state index in [1.807, 2.05) is 37.2 Å². The first-order valence-electron chi connectivity index (χ1n) is 9.30. The summed E-state index contributed by atoms with van der Waals surface area (Å²) in [4.78, 5) is 28.8. The van der Waals surface area contributed by atoms with Gasteiger partial charge in [0.2, 0.25) is 5.91 Å². The van der Waals surface area contributed by atoms with Crippen LogP contribution in [0.15, 0.2) is 30.3 Å². The van der Waals surface area contributed by atoms with Gasteiger partial charge in [0.25, 0.3) is 0 Å². The summed E-state index contributed by atoms with van der Waals surface area (Å²) in [7, 11) is 3.63. The second-order valence-corrected chi connectivity index (χ2v) is 7.70. The Morgan fingerprint density at radius 3 is 2.52 bits per heavy atom. The lowest BCUT2D eigenvalue weighted by molar-refractivity contribution is -0.135. The maximum absolute atomic E-state index is 12.6. The molecule has 5 heteroatoms. The number of carbonyl (C=O) groups excluding carboxylic acids is 2. The summed E-state index contributed by atoms with van der Waals surface area (Å²) in [6, 6.07) is 10.1. The highest BCUT2D eigenvalue weighted by Gasteiger charge is 2.52. The molecule has 3 amide bonds. The van der Waals surface area contributed by atoms with Crippen molar-refractivity contribution < 1.29 is 9.59 Å². The van der Waals surface area contributed by atoms with Gasteiger partial charge in [-0.15, -0.1) is 0 Å². The van der Waals surface area contributed by atoms with Crippen molar-refractivity contribution in [2.45, 2.75) is 32.1 Å². The summed E-state index contributed by atoms with van der Waals surface area (Å²) in [6.07, 6.45) is 5.28. The van der Waals surface area contributed by atoms with Gasteiger partial charge >= 0.3 is 6.03 Å². The van der Waals surface area contributed by atoms with Gasteiger partial charge in [-0.05, 0) is 24.8 Å². The molecule has 0 aromatic heterocycles. The van der Waals surface area contributed by atoms with Gasteiger partial charge in [-0.1, -0.05) is 43.2 Å². The van der Waals surface area contributed by atoms with E-state index < -0.39 is 0 Å². The zero-order valence-electron chi connectivity index (χ0n) is 15.3. The van der Waals surface area contributed by atoms with E-state index in [0.717, 1.165) is 19.3 Å². The van der Waals surface area contributed by atoms with Crippen molar-refractivity contribution in [1.29, 1.82) is 0 Å². The van der Waals surface area contributed by atoms with Gasteiger partial charge in [-0.25, -0.2) is 4.79 Å². The molecule has 1 aromatic rings. The third-order valence-electron chi connectivity index (χ3n) is 5.81. The maximum Gasteiger partial charge on any atom is 0.317 e. The van der Waals surface area contributed by atoms with E-state index >= 15 is 0 Å². The van der Waals surface area contributed by atoms with Crippen molar-refractivity contribution in [3.8, 4) is 0 Å². The molecule has 1 aliphatic carbocycles. The number of likely N-dealkylation sites (tertiary alicyclic amines) is 1. The summed E-state index contributed by atoms with van der Waals surface area (Å²) in [5.41, 5.74) is 1.22. The number of carbonyl (C=O) groups is 2. The molecule has 1 saturated carbocycles. The SMILES string of the molecule is CN(C)C(=O)C1CN(C(=O)NCCc2ccccc2)CC12CCCC2. The maximum atomic E-state index is 12.6. The topological polar surface area (TPSA) is 52.7 Å². The van der Waals surface area contributed by atoms with Crippen LogP contribution in [-0.4, -0.2) is 55.5 Å². The zero-order valence-corrected chi connectivity index (χ0v) is 15.3. The van der Waals surface area contributed by atoms with Crippen LogP contribution in [0.25, 0.3) is 0 Å². The van der Waals surface area contributed by atoms with E-state index in [4.69, 9.17) is 0 Å². The van der Waals surface area contributed by atoms with Crippen molar-refractivity contribution in [1.82, 2.24) is 15.1 Å². The smallest absolute Gasteiger partial charge is 0.317 e. The van der Waals surface area contributed by atoms with Crippen molar-refractivity contribution in [3.63, 3.8) is 0 Å². The first kappa shape index (κ1) is 17.8. The van der Waals surface area contributed by atoms with Crippen LogP contribution in [0.3, 0.4) is 0 Å². The summed E-state index contributed by atoms with van der Waals surface area (Å²) in [6.45, 7) is 1.89. The Hall–Kier alpha value is -2.04.